The van der Waals surface area contributed by atoms with E-state index in [2.05, 4.69) is 11.7 Å². The van der Waals surface area contributed by atoms with Gasteiger partial charge in [-0.25, -0.2) is 0 Å². The van der Waals surface area contributed by atoms with Gasteiger partial charge in [-0.2, -0.15) is 0 Å². The number of hydrogen-bond acceptors (Lipinski definition) is 2. The minimum atomic E-state index is 0.200. The van der Waals surface area contributed by atoms with Crippen molar-refractivity contribution >= 4 is 24.0 Å². The van der Waals surface area contributed by atoms with Gasteiger partial charge in [0, 0.05) is 18.7 Å². The minimum absolute atomic E-state index is 0.200. The summed E-state index contributed by atoms with van der Waals surface area (Å²) >= 11 is 0. The van der Waals surface area contributed by atoms with Gasteiger partial charge < -0.3 is 4.90 Å². The SMILES string of the molecule is C=Nc1cccc(N2CCCC2=O)c1. The van der Waals surface area contributed by atoms with Crippen LogP contribution in [0.4, 0.5) is 11.4 Å². The highest BCUT2D eigenvalue weighted by Gasteiger charge is 2.21. The molecule has 0 radical (unpaired) electrons. The van der Waals surface area contributed by atoms with Crippen molar-refractivity contribution in [3.63, 3.8) is 0 Å². The molecular weight excluding hydrogens is 176 g/mol. The van der Waals surface area contributed by atoms with Crippen LogP contribution < -0.4 is 4.90 Å². The Kier molecular flexibility index (Phi) is 2.31. The van der Waals surface area contributed by atoms with Gasteiger partial charge in [0.25, 0.3) is 0 Å². The van der Waals surface area contributed by atoms with Crippen LogP contribution >= 0.6 is 0 Å². The fourth-order valence-electron chi connectivity index (χ4n) is 1.68. The lowest BCUT2D eigenvalue weighted by atomic mass is 10.2. The van der Waals surface area contributed by atoms with Crippen LogP contribution in [0.1, 0.15) is 12.8 Å². The van der Waals surface area contributed by atoms with Gasteiger partial charge in [-0.3, -0.25) is 9.79 Å². The fourth-order valence-corrected chi connectivity index (χ4v) is 1.68. The Morgan fingerprint density at radius 2 is 2.29 bits per heavy atom. The zero-order valence-corrected chi connectivity index (χ0v) is 7.94. The third-order valence-corrected chi connectivity index (χ3v) is 2.40. The Bertz CT molecular complexity index is 373. The molecule has 1 fully saturated rings. The third kappa shape index (κ3) is 1.53. The number of rotatable bonds is 2. The molecule has 0 saturated carbocycles. The summed E-state index contributed by atoms with van der Waals surface area (Å²) in [5, 5.41) is 0. The van der Waals surface area contributed by atoms with Crippen molar-refractivity contribution in [1.29, 1.82) is 0 Å². The number of anilines is 1. The van der Waals surface area contributed by atoms with Crippen molar-refractivity contribution in [2.24, 2.45) is 4.99 Å². The van der Waals surface area contributed by atoms with Crippen LogP contribution in [0, 0.1) is 0 Å². The lowest BCUT2D eigenvalue weighted by Crippen LogP contribution is -2.23. The second kappa shape index (κ2) is 3.62. The number of amides is 1. The summed E-state index contributed by atoms with van der Waals surface area (Å²) in [6.45, 7) is 4.28. The zero-order valence-electron chi connectivity index (χ0n) is 7.94. The molecule has 3 heteroatoms. The topological polar surface area (TPSA) is 32.7 Å². The molecule has 72 valence electrons. The van der Waals surface area contributed by atoms with Crippen LogP contribution in [-0.4, -0.2) is 19.2 Å². The predicted octanol–water partition coefficient (Wildman–Crippen LogP) is 2.15. The molecule has 0 spiro atoms. The Labute approximate surface area is 83.1 Å². The van der Waals surface area contributed by atoms with E-state index in [1.165, 1.54) is 0 Å². The van der Waals surface area contributed by atoms with Crippen molar-refractivity contribution in [2.75, 3.05) is 11.4 Å². The van der Waals surface area contributed by atoms with Gasteiger partial charge >= 0.3 is 0 Å². The van der Waals surface area contributed by atoms with Crippen molar-refractivity contribution in [3.8, 4) is 0 Å². The standard InChI is InChI=1S/C11H12N2O/c1-12-9-4-2-5-10(8-9)13-7-3-6-11(13)14/h2,4-5,8H,1,3,6-7H2. The van der Waals surface area contributed by atoms with E-state index >= 15 is 0 Å². The smallest absolute Gasteiger partial charge is 0.227 e. The molecule has 0 aliphatic carbocycles. The second-order valence-corrected chi connectivity index (χ2v) is 3.33. The summed E-state index contributed by atoms with van der Waals surface area (Å²) in [5.41, 5.74) is 1.74. The lowest BCUT2D eigenvalue weighted by molar-refractivity contribution is -0.117. The molecule has 1 heterocycles. The fraction of sp³-hybridized carbons (Fsp3) is 0.273. The number of carbonyl (C=O) groups is 1. The number of benzene rings is 1. The molecule has 0 bridgehead atoms. The van der Waals surface area contributed by atoms with Crippen LogP contribution in [-0.2, 0) is 4.79 Å². The summed E-state index contributed by atoms with van der Waals surface area (Å²) in [4.78, 5) is 17.1. The van der Waals surface area contributed by atoms with Crippen LogP contribution in [0.15, 0.2) is 29.3 Å². The van der Waals surface area contributed by atoms with Gasteiger partial charge in [-0.05, 0) is 31.3 Å². The van der Waals surface area contributed by atoms with Crippen molar-refractivity contribution < 1.29 is 4.79 Å². The van der Waals surface area contributed by atoms with Gasteiger partial charge in [-0.15, -0.1) is 0 Å². The highest BCUT2D eigenvalue weighted by atomic mass is 16.2. The van der Waals surface area contributed by atoms with Crippen molar-refractivity contribution in [2.45, 2.75) is 12.8 Å². The maximum Gasteiger partial charge on any atom is 0.227 e. The minimum Gasteiger partial charge on any atom is -0.312 e. The Morgan fingerprint density at radius 1 is 1.43 bits per heavy atom. The summed E-state index contributed by atoms with van der Waals surface area (Å²) in [5.74, 6) is 0.200. The van der Waals surface area contributed by atoms with Crippen LogP contribution in [0.25, 0.3) is 0 Å². The highest BCUT2D eigenvalue weighted by molar-refractivity contribution is 5.95. The summed E-state index contributed by atoms with van der Waals surface area (Å²) in [6, 6.07) is 7.58. The predicted molar refractivity (Wildman–Crippen MR) is 57.2 cm³/mol. The van der Waals surface area contributed by atoms with E-state index in [0.717, 1.165) is 24.3 Å². The molecule has 14 heavy (non-hydrogen) atoms. The highest BCUT2D eigenvalue weighted by Crippen LogP contribution is 2.24. The number of carbonyl (C=O) groups excluding carboxylic acids is 1. The third-order valence-electron chi connectivity index (χ3n) is 2.40. The first-order valence-corrected chi connectivity index (χ1v) is 4.68. The first-order chi connectivity index (χ1) is 6.81. The molecule has 1 aromatic carbocycles. The van der Waals surface area contributed by atoms with Gasteiger partial charge in [0.05, 0.1) is 5.69 Å². The van der Waals surface area contributed by atoms with Crippen LogP contribution in [0.2, 0.25) is 0 Å². The molecule has 0 unspecified atom stereocenters. The molecule has 2 rings (SSSR count). The zero-order chi connectivity index (χ0) is 9.97. The average Bonchev–Trinajstić information content (AvgIpc) is 2.65. The normalized spacial score (nSPS) is 16.0. The lowest BCUT2D eigenvalue weighted by Gasteiger charge is -2.15. The van der Waals surface area contributed by atoms with Crippen molar-refractivity contribution in [3.05, 3.63) is 24.3 Å². The Morgan fingerprint density at radius 3 is 2.93 bits per heavy atom. The van der Waals surface area contributed by atoms with Crippen LogP contribution in [0.5, 0.6) is 0 Å². The van der Waals surface area contributed by atoms with Gasteiger partial charge in [0.2, 0.25) is 5.91 Å². The summed E-state index contributed by atoms with van der Waals surface area (Å²) < 4.78 is 0. The first-order valence-electron chi connectivity index (χ1n) is 4.68. The summed E-state index contributed by atoms with van der Waals surface area (Å²) in [6.07, 6.45) is 1.61. The van der Waals surface area contributed by atoms with E-state index in [9.17, 15) is 4.79 Å². The van der Waals surface area contributed by atoms with Gasteiger partial charge in [0.1, 0.15) is 0 Å². The molecule has 1 aliphatic heterocycles. The first kappa shape index (κ1) is 8.94. The summed E-state index contributed by atoms with van der Waals surface area (Å²) in [7, 11) is 0. The van der Waals surface area contributed by atoms with E-state index in [0.29, 0.717) is 6.42 Å². The average molecular weight is 188 g/mol. The van der Waals surface area contributed by atoms with E-state index in [1.807, 2.05) is 24.3 Å². The molecule has 3 nitrogen and oxygen atoms in total. The van der Waals surface area contributed by atoms with E-state index in [1.54, 1.807) is 4.90 Å². The molecule has 1 aliphatic rings. The maximum absolute atomic E-state index is 11.5. The maximum atomic E-state index is 11.5. The second-order valence-electron chi connectivity index (χ2n) is 3.33. The quantitative estimate of drug-likeness (QED) is 0.654. The molecule has 0 aromatic heterocycles. The molecule has 0 N–H and O–H groups in total. The molecule has 1 amide bonds. The van der Waals surface area contributed by atoms with E-state index in [4.69, 9.17) is 0 Å². The largest absolute Gasteiger partial charge is 0.312 e. The number of hydrogen-bond donors (Lipinski definition) is 0. The molecule has 1 aromatic rings. The van der Waals surface area contributed by atoms with Gasteiger partial charge in [-0.1, -0.05) is 6.07 Å². The van der Waals surface area contributed by atoms with E-state index in [-0.39, 0.29) is 5.91 Å². The van der Waals surface area contributed by atoms with Gasteiger partial charge in [0.15, 0.2) is 0 Å². The van der Waals surface area contributed by atoms with Crippen LogP contribution in [0.3, 0.4) is 0 Å². The molecule has 0 atom stereocenters. The number of aliphatic imine (C=N–C) groups is 1. The molecule has 1 saturated heterocycles. The monoisotopic (exact) mass is 188 g/mol. The van der Waals surface area contributed by atoms with E-state index < -0.39 is 0 Å². The molecular formula is C11H12N2O. The Balaban J connectivity index is 2.31. The Hall–Kier alpha value is -1.64. The van der Waals surface area contributed by atoms with Crippen molar-refractivity contribution in [1.82, 2.24) is 0 Å². The number of nitrogens with zero attached hydrogens (tertiary/aromatic N) is 2.